The highest BCUT2D eigenvalue weighted by molar-refractivity contribution is 6.30. The third-order valence-corrected chi connectivity index (χ3v) is 1.79. The number of imidazole rings is 1. The number of halogens is 1. The van der Waals surface area contributed by atoms with Gasteiger partial charge in [0.05, 0.1) is 24.1 Å². The molecule has 62 valence electrons. The quantitative estimate of drug-likeness (QED) is 0.651. The minimum atomic E-state index is -0.151. The molecule has 2 rings (SSSR count). The summed E-state index contributed by atoms with van der Waals surface area (Å²) in [6.45, 7) is -0.151. The van der Waals surface area contributed by atoms with Crippen LogP contribution >= 0.6 is 11.6 Å². The van der Waals surface area contributed by atoms with Crippen molar-refractivity contribution in [2.45, 2.75) is 6.61 Å². The van der Waals surface area contributed by atoms with Gasteiger partial charge in [-0.1, -0.05) is 11.6 Å². The Labute approximate surface area is 73.2 Å². The fourth-order valence-electron chi connectivity index (χ4n) is 1.09. The van der Waals surface area contributed by atoms with Crippen LogP contribution < -0.4 is 0 Å². The SMILES string of the molecule is OCc1nc(Cl)cc2[nH]cnc12. The molecular formula is C7H6ClN3O. The van der Waals surface area contributed by atoms with E-state index in [9.17, 15) is 0 Å². The van der Waals surface area contributed by atoms with E-state index in [0.717, 1.165) is 5.52 Å². The van der Waals surface area contributed by atoms with Crippen LogP contribution in [0.25, 0.3) is 11.0 Å². The molecule has 0 aliphatic heterocycles. The summed E-state index contributed by atoms with van der Waals surface area (Å²) in [5, 5.41) is 9.26. The van der Waals surface area contributed by atoms with E-state index in [-0.39, 0.29) is 6.61 Å². The Balaban J connectivity index is 2.80. The Bertz CT molecular complexity index is 412. The lowest BCUT2D eigenvalue weighted by molar-refractivity contribution is 0.278. The molecule has 2 heterocycles. The second-order valence-corrected chi connectivity index (χ2v) is 2.74. The van der Waals surface area contributed by atoms with Gasteiger partial charge in [-0.15, -0.1) is 0 Å². The Hall–Kier alpha value is -1.13. The van der Waals surface area contributed by atoms with Gasteiger partial charge in [0.25, 0.3) is 0 Å². The van der Waals surface area contributed by atoms with Crippen molar-refractivity contribution in [1.29, 1.82) is 0 Å². The molecule has 0 fully saturated rings. The van der Waals surface area contributed by atoms with Gasteiger partial charge >= 0.3 is 0 Å². The van der Waals surface area contributed by atoms with E-state index in [1.54, 1.807) is 12.4 Å². The lowest BCUT2D eigenvalue weighted by Gasteiger charge is -1.96. The lowest BCUT2D eigenvalue weighted by Crippen LogP contribution is -1.91. The number of fused-ring (bicyclic) bond motifs is 1. The van der Waals surface area contributed by atoms with E-state index >= 15 is 0 Å². The van der Waals surface area contributed by atoms with Crippen LogP contribution in [0.4, 0.5) is 0 Å². The summed E-state index contributed by atoms with van der Waals surface area (Å²) in [5.41, 5.74) is 1.96. The van der Waals surface area contributed by atoms with Crippen molar-refractivity contribution in [3.8, 4) is 0 Å². The number of H-pyrrole nitrogens is 1. The average Bonchev–Trinajstić information content (AvgIpc) is 2.50. The second-order valence-electron chi connectivity index (χ2n) is 2.35. The number of nitrogens with zero attached hydrogens (tertiary/aromatic N) is 2. The van der Waals surface area contributed by atoms with Crippen molar-refractivity contribution in [3.05, 3.63) is 23.2 Å². The maximum Gasteiger partial charge on any atom is 0.131 e. The third kappa shape index (κ3) is 1.05. The molecule has 2 N–H and O–H groups in total. The molecule has 12 heavy (non-hydrogen) atoms. The van der Waals surface area contributed by atoms with E-state index in [1.165, 1.54) is 0 Å². The van der Waals surface area contributed by atoms with Crippen molar-refractivity contribution in [2.75, 3.05) is 0 Å². The van der Waals surface area contributed by atoms with Gasteiger partial charge < -0.3 is 10.1 Å². The van der Waals surface area contributed by atoms with Gasteiger partial charge in [-0.05, 0) is 0 Å². The first-order chi connectivity index (χ1) is 5.81. The molecule has 0 aliphatic rings. The molecule has 0 saturated heterocycles. The third-order valence-electron chi connectivity index (χ3n) is 1.60. The fraction of sp³-hybridized carbons (Fsp3) is 0.143. The van der Waals surface area contributed by atoms with Crippen LogP contribution in [0.2, 0.25) is 5.15 Å². The number of aromatic amines is 1. The zero-order valence-electron chi connectivity index (χ0n) is 6.08. The molecule has 0 bridgehead atoms. The first-order valence-corrected chi connectivity index (χ1v) is 3.78. The summed E-state index contributed by atoms with van der Waals surface area (Å²) < 4.78 is 0. The number of hydrogen-bond acceptors (Lipinski definition) is 3. The number of rotatable bonds is 1. The molecule has 4 nitrogen and oxygen atoms in total. The van der Waals surface area contributed by atoms with Gasteiger partial charge in [-0.2, -0.15) is 0 Å². The maximum atomic E-state index is 8.90. The van der Waals surface area contributed by atoms with Crippen LogP contribution in [-0.4, -0.2) is 20.1 Å². The molecule has 0 saturated carbocycles. The van der Waals surface area contributed by atoms with E-state index in [0.29, 0.717) is 16.4 Å². The summed E-state index contributed by atoms with van der Waals surface area (Å²) in [5.74, 6) is 0. The molecule has 2 aromatic rings. The molecular weight excluding hydrogens is 178 g/mol. The fourth-order valence-corrected chi connectivity index (χ4v) is 1.30. The highest BCUT2D eigenvalue weighted by Gasteiger charge is 2.05. The Kier molecular flexibility index (Phi) is 1.71. The number of nitrogens with one attached hydrogen (secondary N) is 1. The number of aliphatic hydroxyl groups excluding tert-OH is 1. The normalized spacial score (nSPS) is 10.8. The zero-order chi connectivity index (χ0) is 8.55. The number of hydrogen-bond donors (Lipinski definition) is 2. The van der Waals surface area contributed by atoms with Gasteiger partial charge in [0.2, 0.25) is 0 Å². The molecule has 0 radical (unpaired) electrons. The summed E-state index contributed by atoms with van der Waals surface area (Å²) in [4.78, 5) is 10.8. The molecule has 0 spiro atoms. The van der Waals surface area contributed by atoms with Crippen LogP contribution in [0.5, 0.6) is 0 Å². The summed E-state index contributed by atoms with van der Waals surface area (Å²) >= 11 is 5.69. The van der Waals surface area contributed by atoms with Gasteiger partial charge in [-0.25, -0.2) is 9.97 Å². The van der Waals surface area contributed by atoms with Gasteiger partial charge in [-0.3, -0.25) is 0 Å². The second kappa shape index (κ2) is 2.73. The Morgan fingerprint density at radius 2 is 2.42 bits per heavy atom. The number of pyridine rings is 1. The lowest BCUT2D eigenvalue weighted by atomic mass is 10.3. The number of aliphatic hydroxyl groups is 1. The largest absolute Gasteiger partial charge is 0.390 e. The highest BCUT2D eigenvalue weighted by Crippen LogP contribution is 2.17. The predicted octanol–water partition coefficient (Wildman–Crippen LogP) is 1.10. The van der Waals surface area contributed by atoms with Gasteiger partial charge in [0.15, 0.2) is 0 Å². The van der Waals surface area contributed by atoms with E-state index in [4.69, 9.17) is 16.7 Å². The minimum absolute atomic E-state index is 0.151. The van der Waals surface area contributed by atoms with E-state index in [1.807, 2.05) is 0 Å². The predicted molar refractivity (Wildman–Crippen MR) is 44.8 cm³/mol. The topological polar surface area (TPSA) is 61.8 Å². The minimum Gasteiger partial charge on any atom is -0.390 e. The van der Waals surface area contributed by atoms with Crippen molar-refractivity contribution >= 4 is 22.6 Å². The molecule has 0 aromatic carbocycles. The molecule has 0 unspecified atom stereocenters. The highest BCUT2D eigenvalue weighted by atomic mass is 35.5. The summed E-state index contributed by atoms with van der Waals surface area (Å²) in [6.07, 6.45) is 1.54. The molecule has 0 amide bonds. The van der Waals surface area contributed by atoms with Gasteiger partial charge in [0.1, 0.15) is 10.7 Å². The standard InChI is InChI=1S/C7H6ClN3O/c8-6-1-4-7(10-3-9-4)5(2-12)11-6/h1,3,12H,2H2,(H,9,10). The van der Waals surface area contributed by atoms with Crippen molar-refractivity contribution in [2.24, 2.45) is 0 Å². The Morgan fingerprint density at radius 1 is 1.58 bits per heavy atom. The average molecular weight is 184 g/mol. The summed E-state index contributed by atoms with van der Waals surface area (Å²) in [6, 6.07) is 1.67. The number of aromatic nitrogens is 3. The first-order valence-electron chi connectivity index (χ1n) is 3.40. The van der Waals surface area contributed by atoms with Crippen LogP contribution in [0.1, 0.15) is 5.69 Å². The molecule has 2 aromatic heterocycles. The monoisotopic (exact) mass is 183 g/mol. The first kappa shape index (κ1) is 7.52. The smallest absolute Gasteiger partial charge is 0.131 e. The Morgan fingerprint density at radius 3 is 3.17 bits per heavy atom. The van der Waals surface area contributed by atoms with Crippen LogP contribution in [0.3, 0.4) is 0 Å². The van der Waals surface area contributed by atoms with Crippen LogP contribution in [0, 0.1) is 0 Å². The van der Waals surface area contributed by atoms with E-state index in [2.05, 4.69) is 15.0 Å². The summed E-state index contributed by atoms with van der Waals surface area (Å²) in [7, 11) is 0. The van der Waals surface area contributed by atoms with Gasteiger partial charge in [0, 0.05) is 6.07 Å². The molecule has 0 aliphatic carbocycles. The van der Waals surface area contributed by atoms with Crippen molar-refractivity contribution in [3.63, 3.8) is 0 Å². The molecule has 0 atom stereocenters. The zero-order valence-corrected chi connectivity index (χ0v) is 6.84. The van der Waals surface area contributed by atoms with E-state index < -0.39 is 0 Å². The van der Waals surface area contributed by atoms with Crippen LogP contribution in [-0.2, 0) is 6.61 Å². The van der Waals surface area contributed by atoms with Crippen LogP contribution in [0.15, 0.2) is 12.4 Å². The van der Waals surface area contributed by atoms with Crippen molar-refractivity contribution < 1.29 is 5.11 Å². The molecule has 5 heteroatoms. The maximum absolute atomic E-state index is 8.90. The van der Waals surface area contributed by atoms with Crippen molar-refractivity contribution in [1.82, 2.24) is 15.0 Å².